The van der Waals surface area contributed by atoms with E-state index in [1.54, 1.807) is 20.8 Å². The van der Waals surface area contributed by atoms with Gasteiger partial charge in [-0.3, -0.25) is 0 Å². The first-order chi connectivity index (χ1) is 10.1. The molecule has 0 fully saturated rings. The van der Waals surface area contributed by atoms with E-state index in [4.69, 9.17) is 9.47 Å². The van der Waals surface area contributed by atoms with E-state index in [1.165, 1.54) is 0 Å². The number of rotatable bonds is 4. The Balaban J connectivity index is 2.56. The van der Waals surface area contributed by atoms with E-state index >= 15 is 0 Å². The molecule has 2 rings (SSSR count). The summed E-state index contributed by atoms with van der Waals surface area (Å²) in [5.74, 6) is -0.701. The van der Waals surface area contributed by atoms with E-state index < -0.39 is 0 Å². The van der Waals surface area contributed by atoms with Crippen molar-refractivity contribution in [3.05, 3.63) is 33.9 Å². The highest BCUT2D eigenvalue weighted by molar-refractivity contribution is 5.99. The Kier molecular flexibility index (Phi) is 4.99. The van der Waals surface area contributed by atoms with Gasteiger partial charge in [0.2, 0.25) is 0 Å². The molecule has 4 heteroatoms. The minimum atomic E-state index is -0.367. The van der Waals surface area contributed by atoms with Crippen molar-refractivity contribution >= 4 is 11.9 Å². The van der Waals surface area contributed by atoms with E-state index in [1.807, 2.05) is 6.07 Å². The number of benzene rings is 1. The van der Waals surface area contributed by atoms with Crippen LogP contribution in [0.5, 0.6) is 0 Å². The van der Waals surface area contributed by atoms with Crippen molar-refractivity contribution in [1.29, 1.82) is 0 Å². The standard InChI is InChI=1S/C17H22O4/c1-4-20-16(18)14-10-12-8-6-7-9-13(12)15(11(14)3)17(19)21-5-2/h10H,4-9H2,1-3H3. The van der Waals surface area contributed by atoms with Crippen LogP contribution in [0.25, 0.3) is 0 Å². The third-order valence-corrected chi connectivity index (χ3v) is 3.88. The van der Waals surface area contributed by atoms with Crippen LogP contribution in [0.4, 0.5) is 0 Å². The van der Waals surface area contributed by atoms with E-state index in [0.29, 0.717) is 29.9 Å². The normalized spacial score (nSPS) is 13.5. The van der Waals surface area contributed by atoms with Crippen LogP contribution in [0.3, 0.4) is 0 Å². The zero-order chi connectivity index (χ0) is 15.4. The summed E-state index contributed by atoms with van der Waals surface area (Å²) in [6.45, 7) is 6.01. The molecule has 0 heterocycles. The molecular weight excluding hydrogens is 268 g/mol. The monoisotopic (exact) mass is 290 g/mol. The zero-order valence-electron chi connectivity index (χ0n) is 13.0. The summed E-state index contributed by atoms with van der Waals surface area (Å²) in [5, 5.41) is 0. The number of carbonyl (C=O) groups is 2. The maximum absolute atomic E-state index is 12.3. The van der Waals surface area contributed by atoms with E-state index in [2.05, 4.69) is 0 Å². The van der Waals surface area contributed by atoms with Crippen molar-refractivity contribution in [3.63, 3.8) is 0 Å². The van der Waals surface area contributed by atoms with E-state index in [9.17, 15) is 9.59 Å². The van der Waals surface area contributed by atoms with Gasteiger partial charge in [0, 0.05) is 0 Å². The summed E-state index contributed by atoms with van der Waals surface area (Å²) in [6, 6.07) is 1.89. The average Bonchev–Trinajstić information content (AvgIpc) is 2.47. The van der Waals surface area contributed by atoms with Crippen molar-refractivity contribution in [1.82, 2.24) is 0 Å². The molecule has 114 valence electrons. The smallest absolute Gasteiger partial charge is 0.338 e. The van der Waals surface area contributed by atoms with Crippen LogP contribution in [0, 0.1) is 6.92 Å². The average molecular weight is 290 g/mol. The molecule has 0 bridgehead atoms. The Labute approximate surface area is 125 Å². The second-order valence-electron chi connectivity index (χ2n) is 5.21. The third kappa shape index (κ3) is 3.09. The van der Waals surface area contributed by atoms with Crippen LogP contribution in [-0.2, 0) is 22.3 Å². The first-order valence-electron chi connectivity index (χ1n) is 7.59. The summed E-state index contributed by atoms with van der Waals surface area (Å²) >= 11 is 0. The lowest BCUT2D eigenvalue weighted by molar-refractivity contribution is 0.0522. The summed E-state index contributed by atoms with van der Waals surface area (Å²) in [4.78, 5) is 24.4. The van der Waals surface area contributed by atoms with Gasteiger partial charge in [0.05, 0.1) is 24.3 Å². The molecule has 21 heavy (non-hydrogen) atoms. The second kappa shape index (κ2) is 6.74. The molecular formula is C17H22O4. The zero-order valence-corrected chi connectivity index (χ0v) is 13.0. The molecule has 0 saturated heterocycles. The van der Waals surface area contributed by atoms with Gasteiger partial charge >= 0.3 is 11.9 Å². The number of hydrogen-bond acceptors (Lipinski definition) is 4. The van der Waals surface area contributed by atoms with Crippen LogP contribution in [0.2, 0.25) is 0 Å². The molecule has 0 aliphatic heterocycles. The lowest BCUT2D eigenvalue weighted by atomic mass is 9.84. The minimum absolute atomic E-state index is 0.324. The molecule has 0 aromatic heterocycles. The van der Waals surface area contributed by atoms with Gasteiger partial charge in [0.1, 0.15) is 0 Å². The Morgan fingerprint density at radius 2 is 1.67 bits per heavy atom. The quantitative estimate of drug-likeness (QED) is 0.799. The molecule has 0 saturated carbocycles. The van der Waals surface area contributed by atoms with E-state index in [-0.39, 0.29) is 11.9 Å². The number of esters is 2. The predicted octanol–water partition coefficient (Wildman–Crippen LogP) is 3.23. The first-order valence-corrected chi connectivity index (χ1v) is 7.59. The highest BCUT2D eigenvalue weighted by atomic mass is 16.5. The first kappa shape index (κ1) is 15.5. The Hall–Kier alpha value is -1.84. The van der Waals surface area contributed by atoms with Gasteiger partial charge in [0.15, 0.2) is 0 Å². The second-order valence-corrected chi connectivity index (χ2v) is 5.21. The summed E-state index contributed by atoms with van der Waals surface area (Å²) in [6.07, 6.45) is 3.92. The lowest BCUT2D eigenvalue weighted by Gasteiger charge is -2.22. The largest absolute Gasteiger partial charge is 0.462 e. The van der Waals surface area contributed by atoms with Gasteiger partial charge in [-0.05, 0) is 69.2 Å². The number of ether oxygens (including phenoxy) is 2. The van der Waals surface area contributed by atoms with Crippen LogP contribution >= 0.6 is 0 Å². The van der Waals surface area contributed by atoms with Gasteiger partial charge in [-0.2, -0.15) is 0 Å². The molecule has 1 aliphatic rings. The molecule has 0 radical (unpaired) electrons. The summed E-state index contributed by atoms with van der Waals surface area (Å²) < 4.78 is 10.3. The van der Waals surface area contributed by atoms with Crippen LogP contribution < -0.4 is 0 Å². The molecule has 0 N–H and O–H groups in total. The van der Waals surface area contributed by atoms with Crippen molar-refractivity contribution < 1.29 is 19.1 Å². The molecule has 0 atom stereocenters. The maximum atomic E-state index is 12.3. The fraction of sp³-hybridized carbons (Fsp3) is 0.529. The predicted molar refractivity (Wildman–Crippen MR) is 79.7 cm³/mol. The van der Waals surface area contributed by atoms with Crippen molar-refractivity contribution in [2.75, 3.05) is 13.2 Å². The topological polar surface area (TPSA) is 52.6 Å². The Morgan fingerprint density at radius 3 is 2.33 bits per heavy atom. The molecule has 0 spiro atoms. The maximum Gasteiger partial charge on any atom is 0.338 e. The fourth-order valence-electron chi connectivity index (χ4n) is 2.92. The van der Waals surface area contributed by atoms with Crippen LogP contribution in [0.1, 0.15) is 64.1 Å². The molecule has 1 aliphatic carbocycles. The number of fused-ring (bicyclic) bond motifs is 1. The van der Waals surface area contributed by atoms with Crippen molar-refractivity contribution in [3.8, 4) is 0 Å². The highest BCUT2D eigenvalue weighted by Crippen LogP contribution is 2.30. The molecule has 1 aromatic carbocycles. The molecule has 0 unspecified atom stereocenters. The van der Waals surface area contributed by atoms with E-state index in [0.717, 1.165) is 36.8 Å². The Bertz CT molecular complexity index is 560. The summed E-state index contributed by atoms with van der Waals surface area (Å²) in [7, 11) is 0. The fourth-order valence-corrected chi connectivity index (χ4v) is 2.92. The van der Waals surface area contributed by atoms with Gasteiger partial charge in [0.25, 0.3) is 0 Å². The number of hydrogen-bond donors (Lipinski definition) is 0. The number of carbonyl (C=O) groups excluding carboxylic acids is 2. The van der Waals surface area contributed by atoms with Gasteiger partial charge in [-0.15, -0.1) is 0 Å². The van der Waals surface area contributed by atoms with Gasteiger partial charge in [-0.25, -0.2) is 9.59 Å². The summed E-state index contributed by atoms with van der Waals surface area (Å²) in [5.41, 5.74) is 3.86. The van der Waals surface area contributed by atoms with Crippen molar-refractivity contribution in [2.45, 2.75) is 46.5 Å². The lowest BCUT2D eigenvalue weighted by Crippen LogP contribution is -2.19. The van der Waals surface area contributed by atoms with Gasteiger partial charge in [-0.1, -0.05) is 0 Å². The Morgan fingerprint density at radius 1 is 1.05 bits per heavy atom. The minimum Gasteiger partial charge on any atom is -0.462 e. The van der Waals surface area contributed by atoms with Crippen LogP contribution in [-0.4, -0.2) is 25.2 Å². The number of aryl methyl sites for hydroxylation is 1. The van der Waals surface area contributed by atoms with Crippen molar-refractivity contribution in [2.24, 2.45) is 0 Å². The van der Waals surface area contributed by atoms with Gasteiger partial charge < -0.3 is 9.47 Å². The molecule has 4 nitrogen and oxygen atoms in total. The molecule has 0 amide bonds. The third-order valence-electron chi connectivity index (χ3n) is 3.88. The highest BCUT2D eigenvalue weighted by Gasteiger charge is 2.26. The SMILES string of the molecule is CCOC(=O)c1cc2c(c(C(=O)OCC)c1C)CCCC2. The van der Waals surface area contributed by atoms with Crippen LogP contribution in [0.15, 0.2) is 6.07 Å². The molecule has 1 aromatic rings.